The SMILES string of the molecule is CC(C)(C)C(OC(=O)[C@H](C#N)C(=O)CC(CC(=O)O)O[Si](c1ccccc1)(c1ccccc1)C(C)(C)C)c1ccccc1. The van der Waals surface area contributed by atoms with Gasteiger partial charge in [0.25, 0.3) is 8.32 Å². The second kappa shape index (κ2) is 13.9. The van der Waals surface area contributed by atoms with Crippen LogP contribution in [0.5, 0.6) is 0 Å². The summed E-state index contributed by atoms with van der Waals surface area (Å²) < 4.78 is 12.7. The molecule has 3 atom stereocenters. The number of nitriles is 1. The molecule has 226 valence electrons. The van der Waals surface area contributed by atoms with E-state index in [1.54, 1.807) is 0 Å². The first-order chi connectivity index (χ1) is 20.2. The fraction of sp³-hybridized carbons (Fsp3) is 0.371. The zero-order valence-corrected chi connectivity index (χ0v) is 26.7. The van der Waals surface area contributed by atoms with Gasteiger partial charge in [-0.3, -0.25) is 14.4 Å². The van der Waals surface area contributed by atoms with Gasteiger partial charge in [-0.1, -0.05) is 133 Å². The van der Waals surface area contributed by atoms with Crippen LogP contribution in [-0.4, -0.2) is 37.2 Å². The highest BCUT2D eigenvalue weighted by Crippen LogP contribution is 2.39. The summed E-state index contributed by atoms with van der Waals surface area (Å²) in [5.41, 5.74) is 0.226. The fourth-order valence-corrected chi connectivity index (χ4v) is 10.1. The molecule has 43 heavy (non-hydrogen) atoms. The number of esters is 1. The molecule has 0 fully saturated rings. The monoisotopic (exact) mass is 599 g/mol. The van der Waals surface area contributed by atoms with Gasteiger partial charge in [0.2, 0.25) is 5.92 Å². The van der Waals surface area contributed by atoms with E-state index in [1.807, 2.05) is 139 Å². The Bertz CT molecular complexity index is 1380. The summed E-state index contributed by atoms with van der Waals surface area (Å²) in [7, 11) is -3.23. The van der Waals surface area contributed by atoms with Crippen molar-refractivity contribution in [3.8, 4) is 6.07 Å². The van der Waals surface area contributed by atoms with Gasteiger partial charge in [0.1, 0.15) is 6.10 Å². The molecule has 0 aliphatic rings. The van der Waals surface area contributed by atoms with Gasteiger partial charge in [-0.15, -0.1) is 0 Å². The first-order valence-electron chi connectivity index (χ1n) is 14.4. The lowest BCUT2D eigenvalue weighted by molar-refractivity contribution is -0.160. The van der Waals surface area contributed by atoms with E-state index in [4.69, 9.17) is 9.16 Å². The number of ether oxygens (including phenoxy) is 1. The molecule has 3 aromatic rings. The quantitative estimate of drug-likeness (QED) is 0.158. The molecular weight excluding hydrogens is 558 g/mol. The number of benzene rings is 3. The van der Waals surface area contributed by atoms with E-state index in [0.29, 0.717) is 0 Å². The lowest BCUT2D eigenvalue weighted by Gasteiger charge is -2.45. The molecule has 8 heteroatoms. The topological polar surface area (TPSA) is 114 Å². The minimum Gasteiger partial charge on any atom is -0.481 e. The van der Waals surface area contributed by atoms with Crippen LogP contribution < -0.4 is 10.4 Å². The molecule has 7 nitrogen and oxygen atoms in total. The first-order valence-corrected chi connectivity index (χ1v) is 16.3. The molecule has 3 aromatic carbocycles. The number of carboxylic acid groups (broad SMARTS) is 1. The highest BCUT2D eigenvalue weighted by atomic mass is 28.4. The number of aliphatic carboxylic acids is 1. The van der Waals surface area contributed by atoms with E-state index in [0.717, 1.165) is 15.9 Å². The third-order valence-corrected chi connectivity index (χ3v) is 12.5. The van der Waals surface area contributed by atoms with Gasteiger partial charge < -0.3 is 14.3 Å². The fourth-order valence-electron chi connectivity index (χ4n) is 5.45. The second-order valence-corrected chi connectivity index (χ2v) is 17.1. The molecule has 0 saturated heterocycles. The third kappa shape index (κ3) is 8.07. The maximum atomic E-state index is 13.6. The van der Waals surface area contributed by atoms with Crippen molar-refractivity contribution in [1.29, 1.82) is 5.26 Å². The van der Waals surface area contributed by atoms with Crippen LogP contribution in [0.15, 0.2) is 91.0 Å². The summed E-state index contributed by atoms with van der Waals surface area (Å²) in [5, 5.41) is 21.2. The molecule has 0 aromatic heterocycles. The Morgan fingerprint density at radius 1 is 0.791 bits per heavy atom. The molecular formula is C35H41NO6Si. The average molecular weight is 600 g/mol. The maximum absolute atomic E-state index is 13.6. The van der Waals surface area contributed by atoms with Crippen LogP contribution in [0.3, 0.4) is 0 Å². The zero-order valence-electron chi connectivity index (χ0n) is 25.7. The van der Waals surface area contributed by atoms with E-state index in [1.165, 1.54) is 0 Å². The molecule has 0 aliphatic carbocycles. The molecule has 0 aliphatic heterocycles. The number of Topliss-reactive ketones (excluding diaryl/α,β-unsaturated/α-hetero) is 1. The van der Waals surface area contributed by atoms with Gasteiger partial charge in [-0.25, -0.2) is 0 Å². The van der Waals surface area contributed by atoms with Crippen molar-refractivity contribution in [2.24, 2.45) is 11.3 Å². The van der Waals surface area contributed by atoms with Crippen LogP contribution in [0.2, 0.25) is 5.04 Å². The molecule has 0 heterocycles. The van der Waals surface area contributed by atoms with E-state index in [9.17, 15) is 24.8 Å². The molecule has 0 radical (unpaired) electrons. The highest BCUT2D eigenvalue weighted by Gasteiger charge is 2.52. The van der Waals surface area contributed by atoms with Gasteiger partial charge >= 0.3 is 11.9 Å². The minimum atomic E-state index is -3.23. The van der Waals surface area contributed by atoms with Crippen LogP contribution >= 0.6 is 0 Å². The van der Waals surface area contributed by atoms with Crippen molar-refractivity contribution in [2.75, 3.05) is 0 Å². The summed E-state index contributed by atoms with van der Waals surface area (Å²) >= 11 is 0. The summed E-state index contributed by atoms with van der Waals surface area (Å²) in [6.07, 6.45) is -2.70. The Labute approximate surface area is 255 Å². The van der Waals surface area contributed by atoms with E-state index >= 15 is 0 Å². The summed E-state index contributed by atoms with van der Waals surface area (Å²) in [6, 6.07) is 30.3. The highest BCUT2D eigenvalue weighted by molar-refractivity contribution is 6.99. The number of hydrogen-bond acceptors (Lipinski definition) is 6. The van der Waals surface area contributed by atoms with Crippen molar-refractivity contribution >= 4 is 36.4 Å². The second-order valence-electron chi connectivity index (χ2n) is 12.8. The van der Waals surface area contributed by atoms with Crippen molar-refractivity contribution in [3.63, 3.8) is 0 Å². The standard InChI is InChI=1S/C35H41NO6Si/c1-34(2,3)32(25-16-10-7-11-17-25)41-33(40)29(24-36)30(37)22-26(23-31(38)39)42-43(35(4,5)6,27-18-12-8-13-19-27)28-20-14-9-15-21-28/h7-21,26,29,32H,22-23H2,1-6H3,(H,38,39)/t26?,29-,32?/m1/s1. The van der Waals surface area contributed by atoms with Crippen molar-refractivity contribution < 1.29 is 28.7 Å². The number of carbonyl (C=O) groups excluding carboxylic acids is 2. The molecule has 0 amide bonds. The molecule has 2 unspecified atom stereocenters. The van der Waals surface area contributed by atoms with Crippen molar-refractivity contribution in [1.82, 2.24) is 0 Å². The molecule has 3 rings (SSSR count). The average Bonchev–Trinajstić information content (AvgIpc) is 2.94. The van der Waals surface area contributed by atoms with Crippen LogP contribution in [0.1, 0.15) is 66.1 Å². The number of rotatable bonds is 12. The Kier molecular flexibility index (Phi) is 10.8. The minimum absolute atomic E-state index is 0.435. The molecule has 0 bridgehead atoms. The van der Waals surface area contributed by atoms with Crippen LogP contribution in [0.4, 0.5) is 0 Å². The van der Waals surface area contributed by atoms with E-state index in [-0.39, 0.29) is 0 Å². The third-order valence-electron chi connectivity index (χ3n) is 7.40. The van der Waals surface area contributed by atoms with Gasteiger partial charge in [-0.2, -0.15) is 5.26 Å². The normalized spacial score (nSPS) is 14.2. The largest absolute Gasteiger partial charge is 0.481 e. The van der Waals surface area contributed by atoms with Crippen LogP contribution in [0, 0.1) is 22.7 Å². The maximum Gasteiger partial charge on any atom is 0.331 e. The lowest BCUT2D eigenvalue weighted by Crippen LogP contribution is -2.68. The van der Waals surface area contributed by atoms with E-state index < -0.39 is 67.5 Å². The Morgan fingerprint density at radius 3 is 1.65 bits per heavy atom. The van der Waals surface area contributed by atoms with Crippen molar-refractivity contribution in [3.05, 3.63) is 96.6 Å². The van der Waals surface area contributed by atoms with Gasteiger partial charge in [0.15, 0.2) is 5.78 Å². The summed E-state index contributed by atoms with van der Waals surface area (Å²) in [5.74, 6) is -4.58. The predicted octanol–water partition coefficient (Wildman–Crippen LogP) is 5.84. The van der Waals surface area contributed by atoms with Crippen molar-refractivity contribution in [2.45, 2.75) is 71.6 Å². The predicted molar refractivity (Wildman–Crippen MR) is 168 cm³/mol. The Morgan fingerprint density at radius 2 is 1.26 bits per heavy atom. The van der Waals surface area contributed by atoms with Gasteiger partial charge in [0, 0.05) is 11.8 Å². The number of carbonyl (C=O) groups is 3. The molecule has 0 saturated carbocycles. The van der Waals surface area contributed by atoms with Gasteiger partial charge in [0.05, 0.1) is 18.6 Å². The van der Waals surface area contributed by atoms with Crippen LogP contribution in [-0.2, 0) is 23.5 Å². The summed E-state index contributed by atoms with van der Waals surface area (Å²) in [6.45, 7) is 11.9. The van der Waals surface area contributed by atoms with Crippen LogP contribution in [0.25, 0.3) is 0 Å². The lowest BCUT2D eigenvalue weighted by atomic mass is 9.84. The molecule has 1 N–H and O–H groups in total. The summed E-state index contributed by atoms with van der Waals surface area (Å²) in [4.78, 5) is 39.0. The number of nitrogens with zero attached hydrogens (tertiary/aromatic N) is 1. The zero-order chi connectivity index (χ0) is 31.8. The van der Waals surface area contributed by atoms with E-state index in [2.05, 4.69) is 0 Å². The Hall–Kier alpha value is -4.06. The number of carboxylic acids is 1. The number of ketones is 1. The van der Waals surface area contributed by atoms with Gasteiger partial charge in [-0.05, 0) is 21.0 Å². The molecule has 0 spiro atoms. The Balaban J connectivity index is 1.98. The number of hydrogen-bond donors (Lipinski definition) is 1. The smallest absolute Gasteiger partial charge is 0.331 e. The first kappa shape index (κ1) is 33.4.